The van der Waals surface area contributed by atoms with Crippen LogP contribution in [0.3, 0.4) is 0 Å². The highest BCUT2D eigenvalue weighted by molar-refractivity contribution is 8.26. The minimum Gasteiger partial charge on any atom is -0.497 e. The summed E-state index contributed by atoms with van der Waals surface area (Å²) in [6.45, 7) is 0.163. The third kappa shape index (κ3) is 4.92. The van der Waals surface area contributed by atoms with E-state index in [1.54, 1.807) is 19.3 Å². The summed E-state index contributed by atoms with van der Waals surface area (Å²) in [5, 5.41) is 3.08. The van der Waals surface area contributed by atoms with Crippen molar-refractivity contribution >= 4 is 72.9 Å². The van der Waals surface area contributed by atoms with Crippen LogP contribution >= 0.6 is 35.3 Å². The van der Waals surface area contributed by atoms with Crippen molar-refractivity contribution < 1.29 is 18.7 Å². The summed E-state index contributed by atoms with van der Waals surface area (Å²) in [6.07, 6.45) is 1.83. The minimum atomic E-state index is -0.355. The molecule has 4 rings (SSSR count). The monoisotopic (exact) mass is 473 g/mol. The van der Waals surface area contributed by atoms with Gasteiger partial charge in [-0.05, 0) is 42.0 Å². The standard InChI is InChI=1S/C21H16FN3O3S3/c1-28-14-5-2-12(3-6-14)10-17-19(27)25(21(29)31-17)9-8-18(26)24-20-23-15-7-4-13(22)11-16(15)30-20/h2-7,10-11H,8-9H2,1H3,(H,23,24,26)/b17-10-. The summed E-state index contributed by atoms with van der Waals surface area (Å²) in [5.74, 6) is -0.151. The molecule has 0 atom stereocenters. The van der Waals surface area contributed by atoms with Crippen LogP contribution in [0.5, 0.6) is 5.75 Å². The van der Waals surface area contributed by atoms with Crippen LogP contribution in [0.1, 0.15) is 12.0 Å². The van der Waals surface area contributed by atoms with Gasteiger partial charge in [-0.15, -0.1) is 0 Å². The highest BCUT2D eigenvalue weighted by Crippen LogP contribution is 2.33. The van der Waals surface area contributed by atoms with E-state index in [-0.39, 0.29) is 30.6 Å². The van der Waals surface area contributed by atoms with E-state index in [0.717, 1.165) is 11.3 Å². The van der Waals surface area contributed by atoms with Gasteiger partial charge in [0.1, 0.15) is 15.9 Å². The molecule has 6 nitrogen and oxygen atoms in total. The molecule has 0 radical (unpaired) electrons. The first-order chi connectivity index (χ1) is 14.9. The molecule has 2 heterocycles. The molecule has 31 heavy (non-hydrogen) atoms. The van der Waals surface area contributed by atoms with Gasteiger partial charge in [0.05, 0.1) is 22.2 Å². The van der Waals surface area contributed by atoms with Gasteiger partial charge in [0.25, 0.3) is 5.91 Å². The Hall–Kier alpha value is -2.82. The van der Waals surface area contributed by atoms with Gasteiger partial charge in [0.15, 0.2) is 5.13 Å². The number of methoxy groups -OCH3 is 1. The van der Waals surface area contributed by atoms with E-state index in [0.29, 0.717) is 24.6 Å². The Labute approximate surface area is 191 Å². The van der Waals surface area contributed by atoms with Crippen molar-refractivity contribution in [3.05, 3.63) is 58.8 Å². The van der Waals surface area contributed by atoms with Crippen LogP contribution < -0.4 is 10.1 Å². The summed E-state index contributed by atoms with van der Waals surface area (Å²) in [6, 6.07) is 11.6. The lowest BCUT2D eigenvalue weighted by Crippen LogP contribution is -2.31. The lowest BCUT2D eigenvalue weighted by molar-refractivity contribution is -0.122. The topological polar surface area (TPSA) is 71.5 Å². The second kappa shape index (κ2) is 9.13. The third-order valence-electron chi connectivity index (χ3n) is 4.45. The number of carbonyl (C=O) groups excluding carboxylic acids is 2. The lowest BCUT2D eigenvalue weighted by atomic mass is 10.2. The van der Waals surface area contributed by atoms with Crippen molar-refractivity contribution in [3.63, 3.8) is 0 Å². The smallest absolute Gasteiger partial charge is 0.266 e. The highest BCUT2D eigenvalue weighted by atomic mass is 32.2. The molecule has 1 saturated heterocycles. The number of hydrogen-bond acceptors (Lipinski definition) is 7. The van der Waals surface area contributed by atoms with Gasteiger partial charge in [-0.3, -0.25) is 14.5 Å². The molecule has 0 aliphatic carbocycles. The van der Waals surface area contributed by atoms with Gasteiger partial charge in [0, 0.05) is 13.0 Å². The lowest BCUT2D eigenvalue weighted by Gasteiger charge is -2.13. The Morgan fingerprint density at radius 3 is 2.81 bits per heavy atom. The van der Waals surface area contributed by atoms with E-state index in [1.165, 1.54) is 40.1 Å². The number of halogens is 1. The van der Waals surface area contributed by atoms with Crippen LogP contribution in [0.15, 0.2) is 47.4 Å². The number of ether oxygens (including phenoxy) is 1. The van der Waals surface area contributed by atoms with Crippen molar-refractivity contribution in [2.45, 2.75) is 6.42 Å². The molecular weight excluding hydrogens is 457 g/mol. The van der Waals surface area contributed by atoms with E-state index < -0.39 is 0 Å². The van der Waals surface area contributed by atoms with Gasteiger partial charge in [-0.25, -0.2) is 9.37 Å². The summed E-state index contributed by atoms with van der Waals surface area (Å²) >= 11 is 7.72. The highest BCUT2D eigenvalue weighted by Gasteiger charge is 2.32. The maximum atomic E-state index is 13.3. The van der Waals surface area contributed by atoms with Crippen LogP contribution in [0.2, 0.25) is 0 Å². The fourth-order valence-corrected chi connectivity index (χ4v) is 5.11. The first-order valence-corrected chi connectivity index (χ1v) is 11.2. The molecule has 1 aliphatic rings. The molecule has 158 valence electrons. The minimum absolute atomic E-state index is 0.0620. The number of aromatic nitrogens is 1. The number of fused-ring (bicyclic) bond motifs is 1. The van der Waals surface area contributed by atoms with Gasteiger partial charge in [-0.2, -0.15) is 0 Å². The number of amides is 2. The fraction of sp³-hybridized carbons (Fsp3) is 0.143. The maximum Gasteiger partial charge on any atom is 0.266 e. The molecule has 1 N–H and O–H groups in total. The van der Waals surface area contributed by atoms with E-state index >= 15 is 0 Å². The van der Waals surface area contributed by atoms with E-state index in [2.05, 4.69) is 10.3 Å². The molecule has 0 bridgehead atoms. The first-order valence-electron chi connectivity index (χ1n) is 9.18. The summed E-state index contributed by atoms with van der Waals surface area (Å²) in [5.41, 5.74) is 1.47. The number of benzene rings is 2. The van der Waals surface area contributed by atoms with Gasteiger partial charge in [-0.1, -0.05) is 47.4 Å². The summed E-state index contributed by atoms with van der Waals surface area (Å²) < 4.78 is 19.5. The quantitative estimate of drug-likeness (QED) is 0.414. The van der Waals surface area contributed by atoms with E-state index in [4.69, 9.17) is 17.0 Å². The number of carbonyl (C=O) groups is 2. The molecule has 10 heteroatoms. The van der Waals surface area contributed by atoms with Gasteiger partial charge < -0.3 is 10.1 Å². The zero-order valence-corrected chi connectivity index (χ0v) is 18.7. The molecule has 0 unspecified atom stereocenters. The molecule has 1 aliphatic heterocycles. The summed E-state index contributed by atoms with van der Waals surface area (Å²) in [7, 11) is 1.59. The Kier molecular flexibility index (Phi) is 6.30. The number of thiazole rings is 1. The molecule has 1 fully saturated rings. The fourth-order valence-electron chi connectivity index (χ4n) is 2.89. The zero-order chi connectivity index (χ0) is 22.0. The van der Waals surface area contributed by atoms with E-state index in [1.807, 2.05) is 24.3 Å². The Bertz CT molecular complexity index is 1210. The molecule has 1 aromatic heterocycles. The Morgan fingerprint density at radius 2 is 2.06 bits per heavy atom. The molecule has 2 aromatic carbocycles. The first kappa shape index (κ1) is 21.4. The van der Waals surface area contributed by atoms with Gasteiger partial charge >= 0.3 is 0 Å². The number of anilines is 1. The van der Waals surface area contributed by atoms with Crippen LogP contribution in [0.25, 0.3) is 16.3 Å². The third-order valence-corrected chi connectivity index (χ3v) is 6.76. The average molecular weight is 474 g/mol. The van der Waals surface area contributed by atoms with Crippen molar-refractivity contribution in [1.82, 2.24) is 9.88 Å². The zero-order valence-electron chi connectivity index (χ0n) is 16.3. The SMILES string of the molecule is COc1ccc(/C=C2\SC(=S)N(CCC(=O)Nc3nc4ccc(F)cc4s3)C2=O)cc1. The van der Waals surface area contributed by atoms with E-state index in [9.17, 15) is 14.0 Å². The predicted molar refractivity (Wildman–Crippen MR) is 126 cm³/mol. The largest absolute Gasteiger partial charge is 0.497 e. The number of nitrogens with zero attached hydrogens (tertiary/aromatic N) is 2. The molecular formula is C21H16FN3O3S3. The maximum absolute atomic E-state index is 13.3. The van der Waals surface area contributed by atoms with Crippen molar-refractivity contribution in [1.29, 1.82) is 0 Å². The predicted octanol–water partition coefficient (Wildman–Crippen LogP) is 4.67. The summed E-state index contributed by atoms with van der Waals surface area (Å²) in [4.78, 5) is 31.2. The molecule has 3 aromatic rings. The number of nitrogens with one attached hydrogen (secondary N) is 1. The van der Waals surface area contributed by atoms with Crippen LogP contribution in [-0.2, 0) is 9.59 Å². The molecule has 0 spiro atoms. The second-order valence-electron chi connectivity index (χ2n) is 6.54. The van der Waals surface area contributed by atoms with Crippen molar-refractivity contribution in [2.75, 3.05) is 19.0 Å². The number of hydrogen-bond donors (Lipinski definition) is 1. The average Bonchev–Trinajstić information content (AvgIpc) is 3.26. The van der Waals surface area contributed by atoms with Crippen LogP contribution in [-0.4, -0.2) is 39.7 Å². The Morgan fingerprint density at radius 1 is 1.29 bits per heavy atom. The molecule has 0 saturated carbocycles. The normalized spacial score (nSPS) is 15.2. The second-order valence-corrected chi connectivity index (χ2v) is 9.24. The Balaban J connectivity index is 1.37. The van der Waals surface area contributed by atoms with Gasteiger partial charge in [0.2, 0.25) is 5.91 Å². The van der Waals surface area contributed by atoms with Crippen LogP contribution in [0.4, 0.5) is 9.52 Å². The number of thioether (sulfide) groups is 1. The molecule has 2 amide bonds. The van der Waals surface area contributed by atoms with Crippen molar-refractivity contribution in [3.8, 4) is 5.75 Å². The number of thiocarbonyl (C=S) groups is 1. The number of rotatable bonds is 6. The van der Waals surface area contributed by atoms with Crippen LogP contribution in [0, 0.1) is 5.82 Å². The van der Waals surface area contributed by atoms with Crippen molar-refractivity contribution in [2.24, 2.45) is 0 Å².